The average Bonchev–Trinajstić information content (AvgIpc) is 2.99. The molecule has 0 aliphatic rings. The van der Waals surface area contributed by atoms with Gasteiger partial charge in [0.2, 0.25) is 11.8 Å². The van der Waals surface area contributed by atoms with Crippen LogP contribution in [0.4, 0.5) is 5.69 Å². The molecule has 0 unspecified atom stereocenters. The summed E-state index contributed by atoms with van der Waals surface area (Å²) in [5.74, 6) is 0.340. The Morgan fingerprint density at radius 3 is 2.79 bits per heavy atom. The van der Waals surface area contributed by atoms with Gasteiger partial charge in [0.05, 0.1) is 5.56 Å². The van der Waals surface area contributed by atoms with Crippen LogP contribution in [0.3, 0.4) is 0 Å². The van der Waals surface area contributed by atoms with Crippen molar-refractivity contribution in [2.75, 3.05) is 5.32 Å². The van der Waals surface area contributed by atoms with Crippen molar-refractivity contribution in [1.29, 1.82) is 0 Å². The highest BCUT2D eigenvalue weighted by Gasteiger charge is 2.14. The summed E-state index contributed by atoms with van der Waals surface area (Å²) in [4.78, 5) is 16.2. The molecule has 0 saturated carbocycles. The monoisotopic (exact) mass is 324 g/mol. The van der Waals surface area contributed by atoms with Crippen LogP contribution in [-0.2, 0) is 11.2 Å². The summed E-state index contributed by atoms with van der Waals surface area (Å²) in [7, 11) is 0. The van der Waals surface area contributed by atoms with Gasteiger partial charge in [-0.05, 0) is 48.7 Å². The number of benzene rings is 2. The molecule has 0 radical (unpaired) electrons. The summed E-state index contributed by atoms with van der Waals surface area (Å²) in [5, 5.41) is 13.0. The molecule has 0 saturated heterocycles. The first-order valence-electron chi connectivity index (χ1n) is 8.13. The number of amides is 1. The van der Waals surface area contributed by atoms with Crippen LogP contribution in [0, 0.1) is 0 Å². The van der Waals surface area contributed by atoms with Crippen molar-refractivity contribution < 1.29 is 14.3 Å². The van der Waals surface area contributed by atoms with E-state index < -0.39 is 0 Å². The van der Waals surface area contributed by atoms with Crippen molar-refractivity contribution in [3.63, 3.8) is 0 Å². The largest absolute Gasteiger partial charge is 0.507 e. The normalized spacial score (nSPS) is 10.9. The van der Waals surface area contributed by atoms with E-state index >= 15 is 0 Å². The fourth-order valence-corrected chi connectivity index (χ4v) is 2.54. The second-order valence-corrected chi connectivity index (χ2v) is 5.70. The third-order valence-corrected chi connectivity index (χ3v) is 3.85. The van der Waals surface area contributed by atoms with Gasteiger partial charge in [-0.25, -0.2) is 4.98 Å². The van der Waals surface area contributed by atoms with E-state index in [0.717, 1.165) is 18.4 Å². The van der Waals surface area contributed by atoms with Crippen LogP contribution in [0.1, 0.15) is 32.3 Å². The summed E-state index contributed by atoms with van der Waals surface area (Å²) < 4.78 is 5.76. The number of aryl methyl sites for hydroxylation is 1. The van der Waals surface area contributed by atoms with E-state index in [1.807, 2.05) is 25.1 Å². The van der Waals surface area contributed by atoms with Crippen LogP contribution in [0.15, 0.2) is 40.8 Å². The van der Waals surface area contributed by atoms with Crippen LogP contribution in [-0.4, -0.2) is 16.0 Å². The molecule has 1 amide bonds. The number of nitrogens with one attached hydrogen (secondary N) is 1. The zero-order chi connectivity index (χ0) is 17.1. The topological polar surface area (TPSA) is 75.4 Å². The molecular weight excluding hydrogens is 304 g/mol. The minimum Gasteiger partial charge on any atom is -0.507 e. The third kappa shape index (κ3) is 3.25. The zero-order valence-corrected chi connectivity index (χ0v) is 13.8. The van der Waals surface area contributed by atoms with Crippen LogP contribution in [0.5, 0.6) is 5.75 Å². The molecule has 3 rings (SSSR count). The molecule has 0 spiro atoms. The molecular formula is C19H20N2O3. The predicted molar refractivity (Wildman–Crippen MR) is 94.0 cm³/mol. The number of rotatable bonds is 5. The Kier molecular flexibility index (Phi) is 4.51. The van der Waals surface area contributed by atoms with Crippen LogP contribution >= 0.6 is 0 Å². The maximum absolute atomic E-state index is 11.7. The first kappa shape index (κ1) is 16.1. The lowest BCUT2D eigenvalue weighted by atomic mass is 10.1. The Morgan fingerprint density at radius 2 is 2.04 bits per heavy atom. The number of oxazole rings is 1. The minimum atomic E-state index is -0.0562. The number of hydrogen-bond acceptors (Lipinski definition) is 4. The van der Waals surface area contributed by atoms with Gasteiger partial charge in [0.1, 0.15) is 11.3 Å². The molecule has 1 heterocycles. The van der Waals surface area contributed by atoms with E-state index in [-0.39, 0.29) is 11.7 Å². The second-order valence-electron chi connectivity index (χ2n) is 5.70. The molecule has 2 aromatic carbocycles. The van der Waals surface area contributed by atoms with Gasteiger partial charge in [-0.1, -0.05) is 19.9 Å². The summed E-state index contributed by atoms with van der Waals surface area (Å²) >= 11 is 0. The molecule has 0 fully saturated rings. The van der Waals surface area contributed by atoms with Crippen LogP contribution < -0.4 is 5.32 Å². The lowest BCUT2D eigenvalue weighted by molar-refractivity contribution is -0.116. The maximum atomic E-state index is 11.7. The number of anilines is 1. The highest BCUT2D eigenvalue weighted by atomic mass is 16.3. The number of hydrogen-bond donors (Lipinski definition) is 2. The van der Waals surface area contributed by atoms with E-state index in [2.05, 4.69) is 17.2 Å². The van der Waals surface area contributed by atoms with Crippen LogP contribution in [0.25, 0.3) is 22.6 Å². The van der Waals surface area contributed by atoms with E-state index in [9.17, 15) is 9.90 Å². The Bertz CT molecular complexity index is 883. The summed E-state index contributed by atoms with van der Waals surface area (Å²) in [6, 6.07) is 10.7. The van der Waals surface area contributed by atoms with Gasteiger partial charge in [0, 0.05) is 12.1 Å². The molecule has 1 aromatic heterocycles. The summed E-state index contributed by atoms with van der Waals surface area (Å²) in [5.41, 5.74) is 3.66. The first-order chi connectivity index (χ1) is 11.6. The van der Waals surface area contributed by atoms with Crippen molar-refractivity contribution in [1.82, 2.24) is 4.98 Å². The Labute approximate surface area is 140 Å². The fourth-order valence-electron chi connectivity index (χ4n) is 2.54. The molecule has 0 aliphatic heterocycles. The molecule has 5 heteroatoms. The van der Waals surface area contributed by atoms with Crippen molar-refractivity contribution in [2.24, 2.45) is 0 Å². The zero-order valence-electron chi connectivity index (χ0n) is 13.8. The SMILES string of the molecule is CCCC(=O)Nc1ccc(O)c(-c2nc3cc(CC)ccc3o2)c1. The Hall–Kier alpha value is -2.82. The number of fused-ring (bicyclic) bond motifs is 1. The lowest BCUT2D eigenvalue weighted by Crippen LogP contribution is -2.10. The predicted octanol–water partition coefficient (Wildman–Crippen LogP) is 4.50. The van der Waals surface area contributed by atoms with Gasteiger partial charge in [-0.2, -0.15) is 0 Å². The Balaban J connectivity index is 1.97. The van der Waals surface area contributed by atoms with E-state index in [1.165, 1.54) is 11.6 Å². The minimum absolute atomic E-state index is 0.0562. The molecule has 3 aromatic rings. The number of phenols is 1. The van der Waals surface area contributed by atoms with Crippen molar-refractivity contribution in [3.05, 3.63) is 42.0 Å². The van der Waals surface area contributed by atoms with E-state index in [1.54, 1.807) is 12.1 Å². The van der Waals surface area contributed by atoms with Crippen molar-refractivity contribution in [2.45, 2.75) is 33.1 Å². The Morgan fingerprint density at radius 1 is 1.21 bits per heavy atom. The maximum Gasteiger partial charge on any atom is 0.231 e. The number of aromatic hydroxyl groups is 1. The summed E-state index contributed by atoms with van der Waals surface area (Å²) in [6.45, 7) is 4.03. The highest BCUT2D eigenvalue weighted by Crippen LogP contribution is 2.33. The van der Waals surface area contributed by atoms with Crippen LogP contribution in [0.2, 0.25) is 0 Å². The van der Waals surface area contributed by atoms with Gasteiger partial charge in [-0.3, -0.25) is 4.79 Å². The molecule has 0 aliphatic carbocycles. The van der Waals surface area contributed by atoms with Gasteiger partial charge in [0.25, 0.3) is 0 Å². The lowest BCUT2D eigenvalue weighted by Gasteiger charge is -2.07. The number of carbonyl (C=O) groups is 1. The molecule has 0 bridgehead atoms. The van der Waals surface area contributed by atoms with Crippen molar-refractivity contribution >= 4 is 22.7 Å². The first-order valence-corrected chi connectivity index (χ1v) is 8.13. The van der Waals surface area contributed by atoms with E-state index in [0.29, 0.717) is 29.1 Å². The second kappa shape index (κ2) is 6.74. The fraction of sp³-hybridized carbons (Fsp3) is 0.263. The number of carbonyl (C=O) groups excluding carboxylic acids is 1. The van der Waals surface area contributed by atoms with Crippen molar-refractivity contribution in [3.8, 4) is 17.2 Å². The number of nitrogens with zero attached hydrogens (tertiary/aromatic N) is 1. The number of aromatic nitrogens is 1. The summed E-state index contributed by atoms with van der Waals surface area (Å²) in [6.07, 6.45) is 2.16. The molecule has 2 N–H and O–H groups in total. The standard InChI is InChI=1S/C19H20N2O3/c1-3-5-18(23)20-13-7-8-16(22)14(11-13)19-21-15-10-12(4-2)6-9-17(15)24-19/h6-11,22H,3-5H2,1-2H3,(H,20,23). The highest BCUT2D eigenvalue weighted by molar-refractivity contribution is 5.91. The molecule has 24 heavy (non-hydrogen) atoms. The van der Waals surface area contributed by atoms with E-state index in [4.69, 9.17) is 4.42 Å². The molecule has 5 nitrogen and oxygen atoms in total. The van der Waals surface area contributed by atoms with Gasteiger partial charge < -0.3 is 14.8 Å². The molecule has 124 valence electrons. The quantitative estimate of drug-likeness (QED) is 0.677. The van der Waals surface area contributed by atoms with Gasteiger partial charge >= 0.3 is 0 Å². The molecule has 0 atom stereocenters. The smallest absolute Gasteiger partial charge is 0.231 e. The average molecular weight is 324 g/mol. The van der Waals surface area contributed by atoms with Gasteiger partial charge in [-0.15, -0.1) is 0 Å². The number of phenolic OH excluding ortho intramolecular Hbond substituents is 1. The third-order valence-electron chi connectivity index (χ3n) is 3.85. The van der Waals surface area contributed by atoms with Gasteiger partial charge in [0.15, 0.2) is 5.58 Å².